The van der Waals surface area contributed by atoms with Gasteiger partial charge in [-0.05, 0) is 48.4 Å². The van der Waals surface area contributed by atoms with Crippen LogP contribution in [0.2, 0.25) is 5.02 Å². The first-order valence-electron chi connectivity index (χ1n) is 8.95. The first-order valence-corrected chi connectivity index (χ1v) is 11.1. The molecule has 0 bridgehead atoms. The quantitative estimate of drug-likeness (QED) is 0.453. The number of nitrogens with zero attached hydrogens (tertiary/aromatic N) is 2. The van der Waals surface area contributed by atoms with E-state index in [1.807, 2.05) is 0 Å². The average Bonchev–Trinajstić information content (AvgIpc) is 3.19. The normalized spacial score (nSPS) is 25.5. The summed E-state index contributed by atoms with van der Waals surface area (Å²) in [5, 5.41) is 11.4. The Morgan fingerprint density at radius 1 is 1.10 bits per heavy atom. The van der Waals surface area contributed by atoms with Crippen LogP contribution in [0.3, 0.4) is 0 Å². The van der Waals surface area contributed by atoms with Crippen molar-refractivity contribution in [2.75, 3.05) is 11.5 Å². The summed E-state index contributed by atoms with van der Waals surface area (Å²) >= 11 is 5.90. The highest BCUT2D eigenvalue weighted by Gasteiger charge is 2.50. The van der Waals surface area contributed by atoms with Gasteiger partial charge in [-0.1, -0.05) is 11.6 Å². The van der Waals surface area contributed by atoms with Crippen molar-refractivity contribution in [2.45, 2.75) is 18.5 Å². The molecule has 2 aliphatic heterocycles. The van der Waals surface area contributed by atoms with Gasteiger partial charge in [0.2, 0.25) is 0 Å². The van der Waals surface area contributed by atoms with Crippen LogP contribution in [0.1, 0.15) is 23.6 Å². The van der Waals surface area contributed by atoms with Crippen LogP contribution < -0.4 is 0 Å². The molecule has 0 aliphatic carbocycles. The highest BCUT2D eigenvalue weighted by molar-refractivity contribution is 7.91. The fourth-order valence-electron chi connectivity index (χ4n) is 3.86. The third kappa shape index (κ3) is 3.54. The molecule has 1 aromatic heterocycles. The van der Waals surface area contributed by atoms with Crippen LogP contribution in [0.15, 0.2) is 54.4 Å². The maximum absolute atomic E-state index is 12.9. The van der Waals surface area contributed by atoms with E-state index in [-0.39, 0.29) is 29.3 Å². The molecule has 1 N–H and O–H groups in total. The van der Waals surface area contributed by atoms with E-state index in [0.29, 0.717) is 16.1 Å². The fourth-order valence-corrected chi connectivity index (χ4v) is 5.70. The molecule has 2 aliphatic rings. The Morgan fingerprint density at radius 2 is 1.76 bits per heavy atom. The Labute approximate surface area is 172 Å². The lowest BCUT2D eigenvalue weighted by Crippen LogP contribution is -2.40. The molecule has 1 amide bonds. The number of halogens is 1. The zero-order valence-electron chi connectivity index (χ0n) is 15.2. The number of aliphatic hydroxyl groups is 1. The van der Waals surface area contributed by atoms with Gasteiger partial charge in [0.15, 0.2) is 9.84 Å². The number of amides is 1. The Morgan fingerprint density at radius 3 is 2.34 bits per heavy atom. The number of Topliss-reactive ketones (excluding diaryl/α,β-unsaturated/α-hetero) is 1. The molecule has 2 saturated heterocycles. The maximum Gasteiger partial charge on any atom is 0.295 e. The summed E-state index contributed by atoms with van der Waals surface area (Å²) in [4.78, 5) is 31.0. The van der Waals surface area contributed by atoms with Crippen LogP contribution in [-0.2, 0) is 19.4 Å². The first-order chi connectivity index (χ1) is 13.8. The molecule has 150 valence electrons. The van der Waals surface area contributed by atoms with E-state index in [9.17, 15) is 23.1 Å². The molecular weight excluding hydrogens is 416 g/mol. The summed E-state index contributed by atoms with van der Waals surface area (Å²) in [7, 11) is -3.28. The number of aliphatic hydroxyl groups excluding tert-OH is 1. The molecule has 0 spiro atoms. The van der Waals surface area contributed by atoms with Crippen LogP contribution in [0.25, 0.3) is 5.76 Å². The van der Waals surface area contributed by atoms with Crippen molar-refractivity contribution in [3.8, 4) is 0 Å². The number of carbonyl (C=O) groups is 2. The molecule has 0 saturated carbocycles. The molecule has 2 atom stereocenters. The number of likely N-dealkylation sites (tertiary alicyclic amines) is 1. The second-order valence-electron chi connectivity index (χ2n) is 7.05. The number of sulfone groups is 1. The smallest absolute Gasteiger partial charge is 0.295 e. The van der Waals surface area contributed by atoms with Gasteiger partial charge in [-0.25, -0.2) is 8.42 Å². The van der Waals surface area contributed by atoms with Crippen LogP contribution >= 0.6 is 11.6 Å². The SMILES string of the molecule is O=C1C(=O)N([C@@H]2CCS(=O)(=O)C2)[C@@H](c2ccncc2)C1=C(O)c1ccc(Cl)cc1. The Balaban J connectivity index is 1.88. The highest BCUT2D eigenvalue weighted by Crippen LogP contribution is 2.42. The van der Waals surface area contributed by atoms with E-state index in [4.69, 9.17) is 11.6 Å². The highest BCUT2D eigenvalue weighted by atomic mass is 35.5. The molecule has 0 unspecified atom stereocenters. The van der Waals surface area contributed by atoms with Gasteiger partial charge in [0, 0.05) is 29.0 Å². The zero-order valence-corrected chi connectivity index (χ0v) is 16.7. The van der Waals surface area contributed by atoms with E-state index in [2.05, 4.69) is 4.98 Å². The van der Waals surface area contributed by atoms with Crippen LogP contribution in [0, 0.1) is 0 Å². The molecule has 0 radical (unpaired) electrons. The van der Waals surface area contributed by atoms with E-state index >= 15 is 0 Å². The summed E-state index contributed by atoms with van der Waals surface area (Å²) < 4.78 is 24.0. The minimum atomic E-state index is -3.28. The van der Waals surface area contributed by atoms with Gasteiger partial charge < -0.3 is 10.0 Å². The van der Waals surface area contributed by atoms with Gasteiger partial charge in [0.25, 0.3) is 11.7 Å². The summed E-state index contributed by atoms with van der Waals surface area (Å²) in [6.07, 6.45) is 3.28. The van der Waals surface area contributed by atoms with Crippen molar-refractivity contribution in [1.29, 1.82) is 0 Å². The lowest BCUT2D eigenvalue weighted by molar-refractivity contribution is -0.141. The topological polar surface area (TPSA) is 105 Å². The van der Waals surface area contributed by atoms with Crippen molar-refractivity contribution < 1.29 is 23.1 Å². The number of carbonyl (C=O) groups excluding carboxylic acids is 2. The summed E-state index contributed by atoms with van der Waals surface area (Å²) in [6.45, 7) is 0. The van der Waals surface area contributed by atoms with Gasteiger partial charge in [-0.3, -0.25) is 14.6 Å². The van der Waals surface area contributed by atoms with Gasteiger partial charge in [-0.2, -0.15) is 0 Å². The lowest BCUT2D eigenvalue weighted by Gasteiger charge is -2.30. The molecule has 9 heteroatoms. The third-order valence-electron chi connectivity index (χ3n) is 5.22. The molecule has 4 rings (SSSR count). The monoisotopic (exact) mass is 432 g/mol. The average molecular weight is 433 g/mol. The number of hydrogen-bond donors (Lipinski definition) is 1. The minimum absolute atomic E-state index is 0.0408. The molecule has 7 nitrogen and oxygen atoms in total. The van der Waals surface area contributed by atoms with Crippen LogP contribution in [0.5, 0.6) is 0 Å². The van der Waals surface area contributed by atoms with Gasteiger partial charge in [0.1, 0.15) is 5.76 Å². The number of ketones is 1. The lowest BCUT2D eigenvalue weighted by atomic mass is 9.95. The Kier molecular flexibility index (Phi) is 4.92. The van der Waals surface area contributed by atoms with Crippen LogP contribution in [0.4, 0.5) is 0 Å². The largest absolute Gasteiger partial charge is 0.507 e. The Bertz CT molecular complexity index is 1110. The number of benzene rings is 1. The predicted molar refractivity (Wildman–Crippen MR) is 107 cm³/mol. The van der Waals surface area contributed by atoms with Crippen molar-refractivity contribution in [1.82, 2.24) is 9.88 Å². The van der Waals surface area contributed by atoms with Gasteiger partial charge in [0.05, 0.1) is 23.1 Å². The van der Waals surface area contributed by atoms with Crippen molar-refractivity contribution in [2.24, 2.45) is 0 Å². The summed E-state index contributed by atoms with van der Waals surface area (Å²) in [5.74, 6) is -2.23. The van der Waals surface area contributed by atoms with Crippen molar-refractivity contribution >= 4 is 38.9 Å². The third-order valence-corrected chi connectivity index (χ3v) is 7.22. The van der Waals surface area contributed by atoms with Crippen molar-refractivity contribution in [3.05, 3.63) is 70.5 Å². The number of hydrogen-bond acceptors (Lipinski definition) is 6. The van der Waals surface area contributed by atoms with Crippen molar-refractivity contribution in [3.63, 3.8) is 0 Å². The molecule has 2 fully saturated rings. The van der Waals surface area contributed by atoms with E-state index in [0.717, 1.165) is 0 Å². The minimum Gasteiger partial charge on any atom is -0.507 e. The van der Waals surface area contributed by atoms with Gasteiger partial charge in [-0.15, -0.1) is 0 Å². The zero-order chi connectivity index (χ0) is 20.8. The Hall–Kier alpha value is -2.71. The van der Waals surface area contributed by atoms with Crippen LogP contribution in [-0.4, -0.2) is 52.6 Å². The molecule has 29 heavy (non-hydrogen) atoms. The standard InChI is InChI=1S/C20H17ClN2O5S/c21-14-3-1-13(2-4-14)18(24)16-17(12-5-8-22-9-6-12)23(20(26)19(16)25)15-7-10-29(27,28)11-15/h1-6,8-9,15,17,24H,7,10-11H2/t15-,17+/m1/s1. The first kappa shape index (κ1) is 19.6. The number of rotatable bonds is 3. The molecule has 2 aromatic rings. The maximum atomic E-state index is 12.9. The predicted octanol–water partition coefficient (Wildman–Crippen LogP) is 2.34. The number of pyridine rings is 1. The second kappa shape index (κ2) is 7.27. The fraction of sp³-hybridized carbons (Fsp3) is 0.250. The number of aromatic nitrogens is 1. The summed E-state index contributed by atoms with van der Waals surface area (Å²) in [5.41, 5.74) is 0.831. The summed E-state index contributed by atoms with van der Waals surface area (Å²) in [6, 6.07) is 7.99. The van der Waals surface area contributed by atoms with E-state index in [1.165, 1.54) is 17.3 Å². The van der Waals surface area contributed by atoms with E-state index < -0.39 is 33.6 Å². The second-order valence-corrected chi connectivity index (χ2v) is 9.72. The van der Waals surface area contributed by atoms with Gasteiger partial charge >= 0.3 is 0 Å². The van der Waals surface area contributed by atoms with E-state index in [1.54, 1.807) is 36.4 Å². The molecule has 3 heterocycles. The molecular formula is C20H17ClN2O5S. The molecule has 1 aromatic carbocycles.